The third-order valence-electron chi connectivity index (χ3n) is 4.39. The second kappa shape index (κ2) is 8.69. The lowest BCUT2D eigenvalue weighted by Gasteiger charge is -2.08. The van der Waals surface area contributed by atoms with E-state index in [1.54, 1.807) is 29.8 Å². The zero-order chi connectivity index (χ0) is 22.0. The van der Waals surface area contributed by atoms with Gasteiger partial charge in [0.05, 0.1) is 15.5 Å². The zero-order valence-corrected chi connectivity index (χ0v) is 19.4. The van der Waals surface area contributed by atoms with Gasteiger partial charge in [-0.05, 0) is 33.6 Å². The quantitative estimate of drug-likeness (QED) is 0.390. The Labute approximate surface area is 191 Å². The average molecular weight is 521 g/mol. The zero-order valence-electron chi connectivity index (χ0n) is 16.2. The predicted octanol–water partition coefficient (Wildman–Crippen LogP) is 4.49. The van der Waals surface area contributed by atoms with Crippen LogP contribution in [0.15, 0.2) is 69.6 Å². The smallest absolute Gasteiger partial charge is 0.334 e. The van der Waals surface area contributed by atoms with E-state index < -0.39 is 16.1 Å². The van der Waals surface area contributed by atoms with Crippen molar-refractivity contribution < 1.29 is 17.9 Å². The highest BCUT2D eigenvalue weighted by Gasteiger charge is 2.23. The number of aromatic nitrogens is 2. The highest BCUT2D eigenvalue weighted by atomic mass is 79.9. The maximum absolute atomic E-state index is 12.8. The minimum atomic E-state index is -4.11. The third-order valence-corrected chi connectivity index (χ3v) is 7.14. The van der Waals surface area contributed by atoms with Gasteiger partial charge in [-0.3, -0.25) is 5.32 Å². The van der Waals surface area contributed by atoms with E-state index in [4.69, 9.17) is 4.74 Å². The van der Waals surface area contributed by atoms with Crippen LogP contribution in [-0.4, -0.2) is 24.0 Å². The van der Waals surface area contributed by atoms with Crippen molar-refractivity contribution in [3.8, 4) is 5.75 Å². The van der Waals surface area contributed by atoms with Crippen molar-refractivity contribution in [2.24, 2.45) is 7.05 Å². The van der Waals surface area contributed by atoms with Crippen molar-refractivity contribution in [2.45, 2.75) is 11.5 Å². The number of thiazole rings is 1. The van der Waals surface area contributed by atoms with Crippen LogP contribution in [0, 0.1) is 0 Å². The number of benzene rings is 2. The SMILES string of the molecule is Cn1cc(S(=O)(=O)NC(=O)Nc2ncc(Br)s2)c2ccc(OCc3ccccc3)cc21. The standard InChI is InChI=1S/C20H17BrN4O4S2/c1-25-11-17(31(27,28)24-19(26)23-20-22-10-18(21)30-20)15-8-7-14(9-16(15)25)29-12-13-5-3-2-4-6-13/h2-11H,12H2,1H3,(H2,22,23,24,26). The van der Waals surface area contributed by atoms with Gasteiger partial charge in [-0.25, -0.2) is 22.9 Å². The fourth-order valence-electron chi connectivity index (χ4n) is 2.98. The molecule has 2 amide bonds. The van der Waals surface area contributed by atoms with E-state index in [0.717, 1.165) is 5.56 Å². The topological polar surface area (TPSA) is 102 Å². The summed E-state index contributed by atoms with van der Waals surface area (Å²) in [6.07, 6.45) is 2.97. The summed E-state index contributed by atoms with van der Waals surface area (Å²) >= 11 is 4.40. The largest absolute Gasteiger partial charge is 0.489 e. The van der Waals surface area contributed by atoms with Gasteiger partial charge in [-0.2, -0.15) is 0 Å². The number of carbonyl (C=O) groups excluding carboxylic acids is 1. The number of urea groups is 1. The molecule has 2 aromatic heterocycles. The van der Waals surface area contributed by atoms with E-state index in [2.05, 4.69) is 26.2 Å². The van der Waals surface area contributed by atoms with Crippen LogP contribution < -0.4 is 14.8 Å². The van der Waals surface area contributed by atoms with Gasteiger partial charge in [0.2, 0.25) is 0 Å². The molecule has 0 fully saturated rings. The molecule has 31 heavy (non-hydrogen) atoms. The first-order valence-electron chi connectivity index (χ1n) is 9.03. The highest BCUT2D eigenvalue weighted by Crippen LogP contribution is 2.29. The van der Waals surface area contributed by atoms with Crippen molar-refractivity contribution >= 4 is 59.4 Å². The summed E-state index contributed by atoms with van der Waals surface area (Å²) in [5, 5.41) is 3.16. The number of fused-ring (bicyclic) bond motifs is 1. The van der Waals surface area contributed by atoms with E-state index in [0.29, 0.717) is 27.0 Å². The van der Waals surface area contributed by atoms with Gasteiger partial charge in [0.1, 0.15) is 17.3 Å². The molecule has 0 aliphatic heterocycles. The first-order valence-corrected chi connectivity index (χ1v) is 12.1. The Morgan fingerprint density at radius 2 is 2.00 bits per heavy atom. The second-order valence-corrected chi connectivity index (χ2v) is 10.6. The molecule has 2 N–H and O–H groups in total. The summed E-state index contributed by atoms with van der Waals surface area (Å²) in [6, 6.07) is 14.0. The molecule has 0 bridgehead atoms. The van der Waals surface area contributed by atoms with E-state index in [-0.39, 0.29) is 10.0 Å². The molecule has 0 spiro atoms. The van der Waals surface area contributed by atoms with Gasteiger partial charge in [-0.1, -0.05) is 41.7 Å². The predicted molar refractivity (Wildman–Crippen MR) is 123 cm³/mol. The summed E-state index contributed by atoms with van der Waals surface area (Å²) in [5.41, 5.74) is 1.69. The Morgan fingerprint density at radius 1 is 1.23 bits per heavy atom. The van der Waals surface area contributed by atoms with E-state index in [1.165, 1.54) is 23.7 Å². The van der Waals surface area contributed by atoms with Gasteiger partial charge in [0.25, 0.3) is 10.0 Å². The van der Waals surface area contributed by atoms with Crippen molar-refractivity contribution in [2.75, 3.05) is 5.32 Å². The van der Waals surface area contributed by atoms with Crippen LogP contribution in [-0.2, 0) is 23.7 Å². The van der Waals surface area contributed by atoms with Gasteiger partial charge in [0, 0.05) is 24.7 Å². The molecule has 0 aliphatic carbocycles. The number of carbonyl (C=O) groups is 1. The Hall–Kier alpha value is -2.89. The number of amides is 2. The van der Waals surface area contributed by atoms with E-state index in [9.17, 15) is 13.2 Å². The molecular formula is C20H17BrN4O4S2. The molecule has 0 radical (unpaired) electrons. The first-order chi connectivity index (χ1) is 14.8. The summed E-state index contributed by atoms with van der Waals surface area (Å²) in [7, 11) is -2.37. The minimum absolute atomic E-state index is 0.00456. The number of anilines is 1. The van der Waals surface area contributed by atoms with Crippen LogP contribution in [0.3, 0.4) is 0 Å². The fraction of sp³-hybridized carbons (Fsp3) is 0.100. The molecule has 4 rings (SSSR count). The number of hydrogen-bond acceptors (Lipinski definition) is 6. The number of hydrogen-bond donors (Lipinski definition) is 2. The maximum Gasteiger partial charge on any atom is 0.334 e. The molecule has 2 aromatic carbocycles. The van der Waals surface area contributed by atoms with Crippen LogP contribution in [0.5, 0.6) is 5.75 Å². The fourth-order valence-corrected chi connectivity index (χ4v) is 5.25. The van der Waals surface area contributed by atoms with Gasteiger partial charge in [-0.15, -0.1) is 0 Å². The van der Waals surface area contributed by atoms with Crippen LogP contribution in [0.25, 0.3) is 10.9 Å². The first kappa shape index (κ1) is 21.3. The van der Waals surface area contributed by atoms with Gasteiger partial charge >= 0.3 is 6.03 Å². The van der Waals surface area contributed by atoms with E-state index >= 15 is 0 Å². The molecule has 4 aromatic rings. The molecular weight excluding hydrogens is 504 g/mol. The molecule has 0 saturated carbocycles. The number of sulfonamides is 1. The van der Waals surface area contributed by atoms with Crippen molar-refractivity contribution in [3.63, 3.8) is 0 Å². The van der Waals surface area contributed by atoms with Gasteiger partial charge < -0.3 is 9.30 Å². The molecule has 11 heteroatoms. The minimum Gasteiger partial charge on any atom is -0.489 e. The highest BCUT2D eigenvalue weighted by molar-refractivity contribution is 9.11. The van der Waals surface area contributed by atoms with Crippen LogP contribution in [0.1, 0.15) is 5.56 Å². The molecule has 0 atom stereocenters. The number of nitrogens with zero attached hydrogens (tertiary/aromatic N) is 2. The lowest BCUT2D eigenvalue weighted by atomic mass is 10.2. The molecule has 8 nitrogen and oxygen atoms in total. The Kier molecular flexibility index (Phi) is 5.99. The Morgan fingerprint density at radius 3 is 2.71 bits per heavy atom. The van der Waals surface area contributed by atoms with Crippen LogP contribution in [0.4, 0.5) is 9.93 Å². The second-order valence-electron chi connectivity index (χ2n) is 6.59. The number of nitrogens with one attached hydrogen (secondary N) is 2. The maximum atomic E-state index is 12.8. The Balaban J connectivity index is 1.53. The molecule has 160 valence electrons. The van der Waals surface area contributed by atoms with Crippen molar-refractivity contribution in [1.29, 1.82) is 0 Å². The number of ether oxygens (including phenoxy) is 1. The number of rotatable bonds is 6. The van der Waals surface area contributed by atoms with Crippen molar-refractivity contribution in [1.82, 2.24) is 14.3 Å². The van der Waals surface area contributed by atoms with Crippen LogP contribution >= 0.6 is 27.3 Å². The van der Waals surface area contributed by atoms with Gasteiger partial charge in [0.15, 0.2) is 5.13 Å². The molecule has 0 saturated heterocycles. The molecule has 0 unspecified atom stereocenters. The lowest BCUT2D eigenvalue weighted by Crippen LogP contribution is -2.34. The normalized spacial score (nSPS) is 11.4. The average Bonchev–Trinajstić information content (AvgIpc) is 3.29. The third kappa shape index (κ3) is 4.89. The summed E-state index contributed by atoms with van der Waals surface area (Å²) in [5.74, 6) is 0.613. The summed E-state index contributed by atoms with van der Waals surface area (Å²) in [6.45, 7) is 0.399. The number of halogens is 1. The van der Waals surface area contributed by atoms with Crippen LogP contribution in [0.2, 0.25) is 0 Å². The van der Waals surface area contributed by atoms with Crippen molar-refractivity contribution in [3.05, 3.63) is 70.3 Å². The molecule has 2 heterocycles. The summed E-state index contributed by atoms with van der Waals surface area (Å²) < 4.78 is 35.9. The van der Waals surface area contributed by atoms with E-state index in [1.807, 2.05) is 35.1 Å². The number of aryl methyl sites for hydroxylation is 1. The lowest BCUT2D eigenvalue weighted by molar-refractivity contribution is 0.256. The molecule has 0 aliphatic rings. The Bertz CT molecular complexity index is 1350. The summed E-state index contributed by atoms with van der Waals surface area (Å²) in [4.78, 5) is 16.1. The monoisotopic (exact) mass is 520 g/mol.